The number of amides is 1. The van der Waals surface area contributed by atoms with Gasteiger partial charge in [-0.15, -0.1) is 0 Å². The molecular weight excluding hydrogens is 280 g/mol. The predicted molar refractivity (Wildman–Crippen MR) is 82.1 cm³/mol. The van der Waals surface area contributed by atoms with Crippen LogP contribution in [0.5, 0.6) is 0 Å². The van der Waals surface area contributed by atoms with Gasteiger partial charge in [0.25, 0.3) is 0 Å². The first-order chi connectivity index (χ1) is 10.6. The van der Waals surface area contributed by atoms with E-state index in [0.29, 0.717) is 25.8 Å². The summed E-state index contributed by atoms with van der Waals surface area (Å²) < 4.78 is 0. The average molecular weight is 298 g/mol. The summed E-state index contributed by atoms with van der Waals surface area (Å²) in [6.45, 7) is 0.422. The number of hydrogen-bond donors (Lipinski definition) is 2. The molecule has 22 heavy (non-hydrogen) atoms. The molecule has 2 unspecified atom stereocenters. The number of pyridine rings is 1. The maximum atomic E-state index is 12.1. The molecular formula is C17H18N2O3. The summed E-state index contributed by atoms with van der Waals surface area (Å²) in [7, 11) is 0. The van der Waals surface area contributed by atoms with E-state index >= 15 is 0 Å². The van der Waals surface area contributed by atoms with Crippen LogP contribution in [0.4, 0.5) is 0 Å². The van der Waals surface area contributed by atoms with Crippen molar-refractivity contribution < 1.29 is 14.7 Å². The molecule has 1 heterocycles. The minimum Gasteiger partial charge on any atom is -0.481 e. The molecule has 2 atom stereocenters. The number of nitrogens with one attached hydrogen (secondary N) is 1. The zero-order chi connectivity index (χ0) is 15.5. The maximum Gasteiger partial charge on any atom is 0.306 e. The molecule has 0 radical (unpaired) electrons. The van der Waals surface area contributed by atoms with Crippen LogP contribution in [-0.4, -0.2) is 22.0 Å². The first-order valence-corrected chi connectivity index (χ1v) is 7.47. The second kappa shape index (κ2) is 6.13. The van der Waals surface area contributed by atoms with Crippen LogP contribution in [0.25, 0.3) is 10.9 Å². The summed E-state index contributed by atoms with van der Waals surface area (Å²) in [6, 6.07) is 9.84. The van der Waals surface area contributed by atoms with Crippen molar-refractivity contribution in [1.82, 2.24) is 10.3 Å². The molecule has 114 valence electrons. The number of aliphatic carboxylic acids is 1. The van der Waals surface area contributed by atoms with Crippen LogP contribution in [-0.2, 0) is 16.1 Å². The number of nitrogens with zero attached hydrogens (tertiary/aromatic N) is 1. The molecule has 2 N–H and O–H groups in total. The van der Waals surface area contributed by atoms with Crippen LogP contribution in [0, 0.1) is 11.8 Å². The highest BCUT2D eigenvalue weighted by Crippen LogP contribution is 2.31. The molecule has 0 aliphatic heterocycles. The molecule has 1 aromatic heterocycles. The number of hydrogen-bond acceptors (Lipinski definition) is 3. The second-order valence-electron chi connectivity index (χ2n) is 5.80. The largest absolute Gasteiger partial charge is 0.481 e. The number of fused-ring (bicyclic) bond motifs is 1. The van der Waals surface area contributed by atoms with E-state index in [9.17, 15) is 9.59 Å². The van der Waals surface area contributed by atoms with Crippen LogP contribution in [0.15, 0.2) is 36.5 Å². The Kier molecular flexibility index (Phi) is 4.04. The Morgan fingerprint density at radius 2 is 2.00 bits per heavy atom. The van der Waals surface area contributed by atoms with Gasteiger partial charge >= 0.3 is 5.97 Å². The SMILES string of the molecule is O=C(O)C1CCC(C(=O)NCc2cnc3ccccc3c2)C1. The Bertz CT molecular complexity index is 714. The number of aromatic nitrogens is 1. The van der Waals surface area contributed by atoms with E-state index in [1.54, 1.807) is 6.20 Å². The Hall–Kier alpha value is -2.43. The maximum absolute atomic E-state index is 12.1. The molecule has 1 fully saturated rings. The molecule has 2 aromatic rings. The highest BCUT2D eigenvalue weighted by atomic mass is 16.4. The van der Waals surface area contributed by atoms with Gasteiger partial charge in [-0.2, -0.15) is 0 Å². The summed E-state index contributed by atoms with van der Waals surface area (Å²) in [5, 5.41) is 12.9. The summed E-state index contributed by atoms with van der Waals surface area (Å²) in [6.07, 6.45) is 3.44. The standard InChI is InChI=1S/C17H18N2O3/c20-16(13-5-6-14(8-13)17(21)22)19-10-11-7-12-3-1-2-4-15(12)18-9-11/h1-4,7,9,13-14H,5-6,8,10H2,(H,19,20)(H,21,22). The normalized spacial score (nSPS) is 20.9. The van der Waals surface area contributed by atoms with Crippen LogP contribution < -0.4 is 5.32 Å². The Morgan fingerprint density at radius 3 is 2.77 bits per heavy atom. The van der Waals surface area contributed by atoms with Crippen molar-refractivity contribution in [2.45, 2.75) is 25.8 Å². The Balaban J connectivity index is 1.59. The van der Waals surface area contributed by atoms with E-state index in [2.05, 4.69) is 10.3 Å². The van der Waals surface area contributed by atoms with E-state index < -0.39 is 5.97 Å². The van der Waals surface area contributed by atoms with Gasteiger partial charge in [0.1, 0.15) is 0 Å². The fourth-order valence-electron chi connectivity index (χ4n) is 2.99. The molecule has 0 spiro atoms. The minimum absolute atomic E-state index is 0.0584. The zero-order valence-electron chi connectivity index (χ0n) is 12.2. The van der Waals surface area contributed by atoms with Crippen molar-refractivity contribution in [2.24, 2.45) is 11.8 Å². The first kappa shape index (κ1) is 14.5. The Morgan fingerprint density at radius 1 is 1.23 bits per heavy atom. The first-order valence-electron chi connectivity index (χ1n) is 7.47. The minimum atomic E-state index is -0.797. The molecule has 5 heteroatoms. The number of carbonyl (C=O) groups excluding carboxylic acids is 1. The van der Waals surface area contributed by atoms with Gasteiger partial charge in [0.15, 0.2) is 0 Å². The second-order valence-corrected chi connectivity index (χ2v) is 5.80. The number of carbonyl (C=O) groups is 2. The lowest BCUT2D eigenvalue weighted by Crippen LogP contribution is -2.29. The Labute approximate surface area is 128 Å². The fourth-order valence-corrected chi connectivity index (χ4v) is 2.99. The van der Waals surface area contributed by atoms with E-state index in [1.165, 1.54) is 0 Å². The fraction of sp³-hybridized carbons (Fsp3) is 0.353. The molecule has 0 saturated heterocycles. The van der Waals surface area contributed by atoms with E-state index in [-0.39, 0.29) is 17.7 Å². The lowest BCUT2D eigenvalue weighted by Gasteiger charge is -2.11. The third-order valence-electron chi connectivity index (χ3n) is 4.27. The monoisotopic (exact) mass is 298 g/mol. The van der Waals surface area contributed by atoms with Gasteiger partial charge in [-0.3, -0.25) is 14.6 Å². The lowest BCUT2D eigenvalue weighted by molar-refractivity contribution is -0.141. The van der Waals surface area contributed by atoms with Gasteiger partial charge in [-0.1, -0.05) is 18.2 Å². The molecule has 3 rings (SSSR count). The molecule has 1 aliphatic carbocycles. The van der Waals surface area contributed by atoms with Crippen LogP contribution in [0.3, 0.4) is 0 Å². The van der Waals surface area contributed by atoms with Gasteiger partial charge < -0.3 is 10.4 Å². The summed E-state index contributed by atoms with van der Waals surface area (Å²) in [5.74, 6) is -1.42. The molecule has 1 aromatic carbocycles. The van der Waals surface area contributed by atoms with Crippen molar-refractivity contribution in [3.63, 3.8) is 0 Å². The van der Waals surface area contributed by atoms with Gasteiger partial charge in [0.05, 0.1) is 11.4 Å². The molecule has 1 saturated carbocycles. The van der Waals surface area contributed by atoms with E-state index in [0.717, 1.165) is 16.5 Å². The highest BCUT2D eigenvalue weighted by Gasteiger charge is 2.33. The van der Waals surface area contributed by atoms with E-state index in [4.69, 9.17) is 5.11 Å². The lowest BCUT2D eigenvalue weighted by atomic mass is 10.0. The van der Waals surface area contributed by atoms with Crippen molar-refractivity contribution in [3.8, 4) is 0 Å². The number of rotatable bonds is 4. The van der Waals surface area contributed by atoms with Crippen LogP contribution >= 0.6 is 0 Å². The molecule has 1 amide bonds. The summed E-state index contributed by atoms with van der Waals surface area (Å²) in [4.78, 5) is 27.4. The number of carboxylic acid groups (broad SMARTS) is 1. The molecule has 5 nitrogen and oxygen atoms in total. The summed E-state index contributed by atoms with van der Waals surface area (Å²) >= 11 is 0. The highest BCUT2D eigenvalue weighted by molar-refractivity contribution is 5.81. The van der Waals surface area contributed by atoms with E-state index in [1.807, 2.05) is 30.3 Å². The zero-order valence-corrected chi connectivity index (χ0v) is 12.2. The average Bonchev–Trinajstić information content (AvgIpc) is 3.03. The number of para-hydroxylation sites is 1. The number of benzene rings is 1. The third kappa shape index (κ3) is 3.08. The van der Waals surface area contributed by atoms with Gasteiger partial charge in [-0.25, -0.2) is 0 Å². The third-order valence-corrected chi connectivity index (χ3v) is 4.27. The molecule has 1 aliphatic rings. The van der Waals surface area contributed by atoms with Crippen LogP contribution in [0.1, 0.15) is 24.8 Å². The topological polar surface area (TPSA) is 79.3 Å². The predicted octanol–water partition coefficient (Wildman–Crippen LogP) is 2.35. The smallest absolute Gasteiger partial charge is 0.306 e. The summed E-state index contributed by atoms with van der Waals surface area (Å²) in [5.41, 5.74) is 1.87. The number of carboxylic acids is 1. The van der Waals surface area contributed by atoms with Crippen molar-refractivity contribution >= 4 is 22.8 Å². The van der Waals surface area contributed by atoms with Gasteiger partial charge in [0.2, 0.25) is 5.91 Å². The van der Waals surface area contributed by atoms with Crippen molar-refractivity contribution in [2.75, 3.05) is 0 Å². The quantitative estimate of drug-likeness (QED) is 0.908. The van der Waals surface area contributed by atoms with Gasteiger partial charge in [0, 0.05) is 24.0 Å². The van der Waals surface area contributed by atoms with Crippen molar-refractivity contribution in [1.29, 1.82) is 0 Å². The van der Waals surface area contributed by atoms with Crippen LogP contribution in [0.2, 0.25) is 0 Å². The van der Waals surface area contributed by atoms with Crippen molar-refractivity contribution in [3.05, 3.63) is 42.1 Å². The molecule has 0 bridgehead atoms. The van der Waals surface area contributed by atoms with Gasteiger partial charge in [-0.05, 0) is 37.0 Å².